The number of fused-ring (bicyclic) bond motifs is 1. The molecule has 106 valence electrons. The first-order valence-corrected chi connectivity index (χ1v) is 7.37. The van der Waals surface area contributed by atoms with Gasteiger partial charge in [0.2, 0.25) is 0 Å². The van der Waals surface area contributed by atoms with E-state index in [2.05, 4.69) is 34.6 Å². The number of para-hydroxylation sites is 1. The number of hydrogen-bond donors (Lipinski definition) is 1. The van der Waals surface area contributed by atoms with Crippen molar-refractivity contribution in [2.45, 2.75) is 32.5 Å². The third-order valence-electron chi connectivity index (χ3n) is 4.09. The number of aromatic nitrogens is 1. The number of nitrogens with one attached hydrogen (secondary N) is 1. The lowest BCUT2D eigenvalue weighted by molar-refractivity contribution is -0.0387. The number of aryl methyl sites for hydroxylation is 1. The molecule has 3 nitrogen and oxygen atoms in total. The molecular weight excluding hydrogens is 248 g/mol. The molecule has 0 saturated heterocycles. The molecule has 1 saturated carbocycles. The first kappa shape index (κ1) is 13.5. The molecule has 0 bridgehead atoms. The first-order valence-electron chi connectivity index (χ1n) is 7.37. The van der Waals surface area contributed by atoms with Gasteiger partial charge in [0.1, 0.15) is 0 Å². The summed E-state index contributed by atoms with van der Waals surface area (Å²) in [6, 6.07) is 10.4. The maximum atomic E-state index is 6.05. The minimum atomic E-state index is 0.431. The van der Waals surface area contributed by atoms with Gasteiger partial charge in [-0.3, -0.25) is 4.98 Å². The third kappa shape index (κ3) is 2.84. The van der Waals surface area contributed by atoms with Crippen molar-refractivity contribution in [1.29, 1.82) is 0 Å². The molecule has 0 radical (unpaired) electrons. The lowest BCUT2D eigenvalue weighted by Crippen LogP contribution is -2.36. The van der Waals surface area contributed by atoms with Crippen LogP contribution in [0.25, 0.3) is 10.9 Å². The highest BCUT2D eigenvalue weighted by Gasteiger charge is 2.29. The number of nitrogens with zero attached hydrogens (tertiary/aromatic N) is 1. The predicted octanol–water partition coefficient (Wildman–Crippen LogP) is 3.06. The van der Waals surface area contributed by atoms with Crippen LogP contribution in [0.2, 0.25) is 0 Å². The lowest BCUT2D eigenvalue weighted by Gasteiger charge is -2.35. The van der Waals surface area contributed by atoms with Gasteiger partial charge in [-0.05, 0) is 57.0 Å². The average molecular weight is 270 g/mol. The number of benzene rings is 1. The van der Waals surface area contributed by atoms with Crippen LogP contribution in [0.1, 0.15) is 24.1 Å². The Kier molecular flexibility index (Phi) is 3.99. The Morgan fingerprint density at radius 2 is 2.10 bits per heavy atom. The summed E-state index contributed by atoms with van der Waals surface area (Å²) < 4.78 is 6.05. The maximum absolute atomic E-state index is 6.05. The van der Waals surface area contributed by atoms with Crippen molar-refractivity contribution in [1.82, 2.24) is 10.3 Å². The summed E-state index contributed by atoms with van der Waals surface area (Å²) in [4.78, 5) is 4.57. The molecule has 0 aliphatic heterocycles. The summed E-state index contributed by atoms with van der Waals surface area (Å²) in [5.74, 6) is 0.793. The lowest BCUT2D eigenvalue weighted by atomic mass is 9.82. The van der Waals surface area contributed by atoms with Crippen LogP contribution >= 0.6 is 0 Å². The molecule has 3 rings (SSSR count). The van der Waals surface area contributed by atoms with Crippen molar-refractivity contribution in [3.63, 3.8) is 0 Å². The molecule has 1 aliphatic rings. The van der Waals surface area contributed by atoms with Gasteiger partial charge in [-0.2, -0.15) is 0 Å². The minimum Gasteiger partial charge on any atom is -0.373 e. The fraction of sp³-hybridized carbons (Fsp3) is 0.471. The Labute approximate surface area is 120 Å². The number of ether oxygens (including phenoxy) is 1. The van der Waals surface area contributed by atoms with Crippen molar-refractivity contribution in [3.8, 4) is 0 Å². The normalized spacial score (nSPS) is 21.9. The Hall–Kier alpha value is -1.45. The average Bonchev–Trinajstić information content (AvgIpc) is 2.40. The topological polar surface area (TPSA) is 34.1 Å². The van der Waals surface area contributed by atoms with Gasteiger partial charge in [-0.15, -0.1) is 0 Å². The Bertz CT molecular complexity index is 591. The Morgan fingerprint density at radius 1 is 1.30 bits per heavy atom. The van der Waals surface area contributed by atoms with Crippen LogP contribution < -0.4 is 5.32 Å². The maximum Gasteiger partial charge on any atom is 0.0727 e. The van der Waals surface area contributed by atoms with E-state index < -0.39 is 0 Å². The molecule has 1 N–H and O–H groups in total. The number of rotatable bonds is 5. The van der Waals surface area contributed by atoms with E-state index in [9.17, 15) is 0 Å². The van der Waals surface area contributed by atoms with Gasteiger partial charge < -0.3 is 10.1 Å². The SMILES string of the molecule is CNCC1CC(OCc2cc(C)nc3ccccc23)C1. The summed E-state index contributed by atoms with van der Waals surface area (Å²) >= 11 is 0. The molecule has 1 heterocycles. The second-order valence-electron chi connectivity index (χ2n) is 5.77. The summed E-state index contributed by atoms with van der Waals surface area (Å²) in [5, 5.41) is 4.44. The first-order chi connectivity index (χ1) is 9.76. The van der Waals surface area contributed by atoms with E-state index in [4.69, 9.17) is 4.74 Å². The minimum absolute atomic E-state index is 0.431. The monoisotopic (exact) mass is 270 g/mol. The zero-order valence-corrected chi connectivity index (χ0v) is 12.2. The van der Waals surface area contributed by atoms with E-state index in [0.717, 1.165) is 23.7 Å². The summed E-state index contributed by atoms with van der Waals surface area (Å²) in [7, 11) is 2.01. The molecule has 1 aliphatic carbocycles. The van der Waals surface area contributed by atoms with Gasteiger partial charge in [0.25, 0.3) is 0 Å². The quantitative estimate of drug-likeness (QED) is 0.906. The zero-order chi connectivity index (χ0) is 13.9. The fourth-order valence-electron chi connectivity index (χ4n) is 2.99. The van der Waals surface area contributed by atoms with Gasteiger partial charge in [0, 0.05) is 11.1 Å². The van der Waals surface area contributed by atoms with E-state index >= 15 is 0 Å². The summed E-state index contributed by atoms with van der Waals surface area (Å²) in [6.45, 7) is 3.85. The van der Waals surface area contributed by atoms with Crippen LogP contribution in [-0.2, 0) is 11.3 Å². The van der Waals surface area contributed by atoms with Crippen LogP contribution in [0, 0.1) is 12.8 Å². The molecule has 0 unspecified atom stereocenters. The summed E-state index contributed by atoms with van der Waals surface area (Å²) in [5.41, 5.74) is 3.38. The van der Waals surface area contributed by atoms with Gasteiger partial charge in [0.05, 0.1) is 18.2 Å². The molecule has 1 aromatic heterocycles. The highest BCUT2D eigenvalue weighted by atomic mass is 16.5. The van der Waals surface area contributed by atoms with Gasteiger partial charge in [-0.25, -0.2) is 0 Å². The fourth-order valence-corrected chi connectivity index (χ4v) is 2.99. The highest BCUT2D eigenvalue weighted by Crippen LogP contribution is 2.30. The molecule has 0 atom stereocenters. The second kappa shape index (κ2) is 5.90. The standard InChI is InChI=1S/C17H22N2O/c1-12-7-14(16-5-3-4-6-17(16)19-12)11-20-15-8-13(9-15)10-18-2/h3-7,13,15,18H,8-11H2,1-2H3. The summed E-state index contributed by atoms with van der Waals surface area (Å²) in [6.07, 6.45) is 2.80. The van der Waals surface area contributed by atoms with Crippen molar-refractivity contribution in [3.05, 3.63) is 41.6 Å². The van der Waals surface area contributed by atoms with Crippen molar-refractivity contribution in [2.24, 2.45) is 5.92 Å². The van der Waals surface area contributed by atoms with Crippen molar-refractivity contribution < 1.29 is 4.74 Å². The molecular formula is C17H22N2O. The van der Waals surface area contributed by atoms with Gasteiger partial charge in [-0.1, -0.05) is 18.2 Å². The van der Waals surface area contributed by atoms with E-state index in [1.165, 1.54) is 23.8 Å². The van der Waals surface area contributed by atoms with Crippen LogP contribution in [-0.4, -0.2) is 24.7 Å². The van der Waals surface area contributed by atoms with Crippen LogP contribution in [0.4, 0.5) is 0 Å². The number of pyridine rings is 1. The molecule has 0 spiro atoms. The predicted molar refractivity (Wildman–Crippen MR) is 81.7 cm³/mol. The molecule has 2 aromatic rings. The molecule has 1 aromatic carbocycles. The second-order valence-corrected chi connectivity index (χ2v) is 5.77. The Balaban J connectivity index is 1.66. The van der Waals surface area contributed by atoms with Crippen molar-refractivity contribution >= 4 is 10.9 Å². The van der Waals surface area contributed by atoms with Gasteiger partial charge >= 0.3 is 0 Å². The van der Waals surface area contributed by atoms with E-state index in [-0.39, 0.29) is 0 Å². The molecule has 3 heteroatoms. The smallest absolute Gasteiger partial charge is 0.0727 e. The highest BCUT2D eigenvalue weighted by molar-refractivity contribution is 5.82. The third-order valence-corrected chi connectivity index (χ3v) is 4.09. The van der Waals surface area contributed by atoms with Crippen LogP contribution in [0.3, 0.4) is 0 Å². The van der Waals surface area contributed by atoms with E-state index in [0.29, 0.717) is 12.7 Å². The molecule has 0 amide bonds. The van der Waals surface area contributed by atoms with Gasteiger partial charge in [0.15, 0.2) is 0 Å². The van der Waals surface area contributed by atoms with Crippen LogP contribution in [0.15, 0.2) is 30.3 Å². The zero-order valence-electron chi connectivity index (χ0n) is 12.2. The van der Waals surface area contributed by atoms with Crippen molar-refractivity contribution in [2.75, 3.05) is 13.6 Å². The largest absolute Gasteiger partial charge is 0.373 e. The molecule has 1 fully saturated rings. The van der Waals surface area contributed by atoms with E-state index in [1.54, 1.807) is 0 Å². The Morgan fingerprint density at radius 3 is 2.90 bits per heavy atom. The van der Waals surface area contributed by atoms with Crippen LogP contribution in [0.5, 0.6) is 0 Å². The van der Waals surface area contributed by atoms with E-state index in [1.807, 2.05) is 20.0 Å². The number of hydrogen-bond acceptors (Lipinski definition) is 3. The molecule has 20 heavy (non-hydrogen) atoms.